The van der Waals surface area contributed by atoms with E-state index in [1.807, 2.05) is 0 Å². The number of hydrogen-bond acceptors (Lipinski definition) is 12. The summed E-state index contributed by atoms with van der Waals surface area (Å²) in [6, 6.07) is 0. The Labute approximate surface area is 198 Å². The Morgan fingerprint density at radius 1 is 1.23 bits per heavy atom. The molecule has 0 radical (unpaired) electrons. The smallest absolute Gasteiger partial charge is 0.387 e. The number of phosphoric acid groups is 2. The summed E-state index contributed by atoms with van der Waals surface area (Å²) < 4.78 is 44.1. The van der Waals surface area contributed by atoms with Crippen molar-refractivity contribution in [2.45, 2.75) is 57.6 Å². The number of H-pyrrole nitrogens is 1. The van der Waals surface area contributed by atoms with Gasteiger partial charge in [-0.1, -0.05) is 6.92 Å². The van der Waals surface area contributed by atoms with Crippen LogP contribution in [0.4, 0.5) is 0 Å². The van der Waals surface area contributed by atoms with E-state index in [4.69, 9.17) is 4.74 Å². The summed E-state index contributed by atoms with van der Waals surface area (Å²) in [5, 5.41) is 20.7. The van der Waals surface area contributed by atoms with Crippen LogP contribution >= 0.6 is 15.6 Å². The lowest BCUT2D eigenvalue weighted by Crippen LogP contribution is -2.33. The first-order valence-electron chi connectivity index (χ1n) is 10.5. The SMILES string of the molecule is CCC(=O)CCCOP(=O)(O)OP(=O)(O)OC[C@H]1O[C@@H](n2cnc3c(=O)[nH]c(C)nc32)[C@H](O)[C@@H]1O. The molecule has 0 aromatic carbocycles. The minimum absolute atomic E-state index is 0.0355. The normalized spacial score (nSPS) is 26.0. The highest BCUT2D eigenvalue weighted by Gasteiger charge is 2.46. The standard InChI is InChI=1S/C17H26N4O12P2/c1-3-10(22)5-4-6-30-34(26,27)33-35(28,29)31-7-11-13(23)14(24)17(32-11)21-8-18-12-15(21)19-9(2)20-16(12)25/h8,11,13-14,17,23-24H,3-7H2,1-2H3,(H,26,27)(H,28,29)(H,19,20,25)/t11-,13-,14-,17-/m1/s1. The molecule has 1 saturated heterocycles. The van der Waals surface area contributed by atoms with Gasteiger partial charge in [-0.05, 0) is 13.3 Å². The summed E-state index contributed by atoms with van der Waals surface area (Å²) in [6.45, 7) is 1.98. The average molecular weight is 540 g/mol. The quantitative estimate of drug-likeness (QED) is 0.177. The van der Waals surface area contributed by atoms with Crippen molar-refractivity contribution in [3.8, 4) is 0 Å². The van der Waals surface area contributed by atoms with Crippen molar-refractivity contribution in [3.05, 3.63) is 22.5 Å². The molecule has 196 valence electrons. The van der Waals surface area contributed by atoms with Crippen LogP contribution in [0.25, 0.3) is 11.2 Å². The number of ketones is 1. The van der Waals surface area contributed by atoms with Crippen LogP contribution in [0.2, 0.25) is 0 Å². The van der Waals surface area contributed by atoms with E-state index in [9.17, 15) is 38.7 Å². The van der Waals surface area contributed by atoms with Crippen LogP contribution in [-0.4, -0.2) is 76.8 Å². The molecule has 6 atom stereocenters. The van der Waals surface area contributed by atoms with Gasteiger partial charge in [0.25, 0.3) is 5.56 Å². The molecule has 3 rings (SSSR count). The van der Waals surface area contributed by atoms with Gasteiger partial charge in [-0.25, -0.2) is 19.1 Å². The number of fused-ring (bicyclic) bond motifs is 1. The fraction of sp³-hybridized carbons (Fsp3) is 0.647. The maximum absolute atomic E-state index is 12.1. The molecular formula is C17H26N4O12P2. The van der Waals surface area contributed by atoms with Crippen molar-refractivity contribution in [1.82, 2.24) is 19.5 Å². The largest absolute Gasteiger partial charge is 0.481 e. The van der Waals surface area contributed by atoms with Crippen LogP contribution in [0.5, 0.6) is 0 Å². The minimum Gasteiger partial charge on any atom is -0.387 e. The fourth-order valence-electron chi connectivity index (χ4n) is 3.29. The van der Waals surface area contributed by atoms with Crippen molar-refractivity contribution >= 4 is 32.6 Å². The van der Waals surface area contributed by atoms with Crippen LogP contribution in [-0.2, 0) is 32.0 Å². The number of nitrogens with zero attached hydrogens (tertiary/aromatic N) is 3. The number of imidazole rings is 1. The lowest BCUT2D eigenvalue weighted by atomic mass is 10.1. The number of aliphatic hydroxyl groups is 2. The zero-order valence-corrected chi connectivity index (χ0v) is 20.5. The summed E-state index contributed by atoms with van der Waals surface area (Å²) in [7, 11) is -10.2. The summed E-state index contributed by atoms with van der Waals surface area (Å²) in [5.41, 5.74) is -0.490. The molecule has 3 heterocycles. The molecule has 0 aliphatic carbocycles. The number of aryl methyl sites for hydroxylation is 1. The van der Waals surface area contributed by atoms with Crippen molar-refractivity contribution in [2.24, 2.45) is 0 Å². The van der Waals surface area contributed by atoms with Crippen LogP contribution in [0.15, 0.2) is 11.1 Å². The molecule has 16 nitrogen and oxygen atoms in total. The Morgan fingerprint density at radius 2 is 1.91 bits per heavy atom. The monoisotopic (exact) mass is 540 g/mol. The number of nitrogens with one attached hydrogen (secondary N) is 1. The zero-order valence-electron chi connectivity index (χ0n) is 18.7. The Kier molecular flexibility index (Phi) is 8.76. The van der Waals surface area contributed by atoms with Gasteiger partial charge >= 0.3 is 15.6 Å². The highest BCUT2D eigenvalue weighted by Crippen LogP contribution is 2.60. The number of rotatable bonds is 12. The minimum atomic E-state index is -5.17. The molecule has 0 saturated carbocycles. The molecule has 2 aromatic rings. The maximum atomic E-state index is 12.1. The molecule has 0 bridgehead atoms. The van der Waals surface area contributed by atoms with E-state index in [0.29, 0.717) is 6.42 Å². The molecule has 2 unspecified atom stereocenters. The second kappa shape index (κ2) is 11.0. The number of carbonyl (C=O) groups is 1. The van der Waals surface area contributed by atoms with Gasteiger partial charge in [0.1, 0.15) is 29.9 Å². The van der Waals surface area contributed by atoms with Crippen molar-refractivity contribution in [2.75, 3.05) is 13.2 Å². The molecule has 1 fully saturated rings. The van der Waals surface area contributed by atoms with Crippen LogP contribution in [0.3, 0.4) is 0 Å². The molecule has 18 heteroatoms. The topological polar surface area (TPSA) is 233 Å². The fourth-order valence-corrected chi connectivity index (χ4v) is 5.41. The predicted octanol–water partition coefficient (Wildman–Crippen LogP) is 0.0571. The number of hydrogen-bond donors (Lipinski definition) is 5. The average Bonchev–Trinajstić information content (AvgIpc) is 3.30. The number of Topliss-reactive ketones (excluding diaryl/α,β-unsaturated/α-hetero) is 1. The first kappa shape index (κ1) is 27.7. The van der Waals surface area contributed by atoms with Gasteiger partial charge in [-0.3, -0.25) is 23.2 Å². The van der Waals surface area contributed by atoms with Gasteiger partial charge in [-0.15, -0.1) is 0 Å². The lowest BCUT2D eigenvalue weighted by Gasteiger charge is -2.19. The van der Waals surface area contributed by atoms with E-state index < -0.39 is 52.4 Å². The Morgan fingerprint density at radius 3 is 2.60 bits per heavy atom. The van der Waals surface area contributed by atoms with E-state index in [-0.39, 0.29) is 42.2 Å². The van der Waals surface area contributed by atoms with E-state index in [0.717, 1.165) is 0 Å². The summed E-state index contributed by atoms with van der Waals surface area (Å²) in [6.07, 6.45) is -4.18. The Balaban J connectivity index is 1.60. The van der Waals surface area contributed by atoms with Gasteiger partial charge in [-0.2, -0.15) is 4.31 Å². The summed E-state index contributed by atoms with van der Waals surface area (Å²) >= 11 is 0. The van der Waals surface area contributed by atoms with E-state index >= 15 is 0 Å². The Bertz CT molecular complexity index is 1220. The number of aliphatic hydroxyl groups excluding tert-OH is 2. The Hall–Kier alpha value is -1.84. The van der Waals surface area contributed by atoms with E-state index in [2.05, 4.69) is 28.3 Å². The highest BCUT2D eigenvalue weighted by atomic mass is 31.3. The first-order valence-corrected chi connectivity index (χ1v) is 13.5. The van der Waals surface area contributed by atoms with Gasteiger partial charge in [0.15, 0.2) is 17.4 Å². The zero-order chi connectivity index (χ0) is 26.0. The third-order valence-corrected chi connectivity index (χ3v) is 7.65. The molecular weight excluding hydrogens is 514 g/mol. The molecule has 35 heavy (non-hydrogen) atoms. The highest BCUT2D eigenvalue weighted by molar-refractivity contribution is 7.61. The van der Waals surface area contributed by atoms with E-state index in [1.54, 1.807) is 6.92 Å². The summed E-state index contributed by atoms with van der Waals surface area (Å²) in [4.78, 5) is 53.2. The third kappa shape index (κ3) is 6.89. The molecule has 0 spiro atoms. The van der Waals surface area contributed by atoms with Crippen molar-refractivity contribution in [3.63, 3.8) is 0 Å². The molecule has 0 amide bonds. The first-order chi connectivity index (χ1) is 16.3. The van der Waals surface area contributed by atoms with Gasteiger partial charge < -0.3 is 29.7 Å². The van der Waals surface area contributed by atoms with Crippen LogP contribution < -0.4 is 5.56 Å². The molecule has 2 aromatic heterocycles. The van der Waals surface area contributed by atoms with Crippen molar-refractivity contribution in [1.29, 1.82) is 0 Å². The van der Waals surface area contributed by atoms with Gasteiger partial charge in [0.2, 0.25) is 0 Å². The van der Waals surface area contributed by atoms with Gasteiger partial charge in [0, 0.05) is 12.8 Å². The second-order valence-corrected chi connectivity index (χ2v) is 10.7. The molecule has 1 aliphatic rings. The van der Waals surface area contributed by atoms with E-state index in [1.165, 1.54) is 17.8 Å². The summed E-state index contributed by atoms with van der Waals surface area (Å²) in [5.74, 6) is 0.179. The third-order valence-electron chi connectivity index (χ3n) is 5.02. The van der Waals surface area contributed by atoms with Crippen LogP contribution in [0, 0.1) is 6.92 Å². The number of carbonyl (C=O) groups excluding carboxylic acids is 1. The lowest BCUT2D eigenvalue weighted by molar-refractivity contribution is -0.119. The predicted molar refractivity (Wildman–Crippen MR) is 116 cm³/mol. The number of aromatic nitrogens is 4. The maximum Gasteiger partial charge on any atom is 0.481 e. The number of aromatic amines is 1. The number of ether oxygens (including phenoxy) is 1. The second-order valence-electron chi connectivity index (χ2n) is 7.67. The molecule has 1 aliphatic heterocycles. The van der Waals surface area contributed by atoms with Gasteiger partial charge in [0.05, 0.1) is 19.5 Å². The number of phosphoric ester groups is 2. The molecule has 5 N–H and O–H groups in total. The van der Waals surface area contributed by atoms with Crippen LogP contribution in [0.1, 0.15) is 38.2 Å². The van der Waals surface area contributed by atoms with Crippen molar-refractivity contribution < 1.29 is 52.0 Å².